The Kier molecular flexibility index (Phi) is 5.82. The number of aryl methyl sites for hydroxylation is 2. The van der Waals surface area contributed by atoms with E-state index in [1.807, 2.05) is 6.92 Å². The fourth-order valence-corrected chi connectivity index (χ4v) is 2.32. The van der Waals surface area contributed by atoms with Gasteiger partial charge in [-0.25, -0.2) is 4.98 Å². The van der Waals surface area contributed by atoms with Gasteiger partial charge in [-0.2, -0.15) is 12.6 Å². The average Bonchev–Trinajstić information content (AvgIpc) is 2.25. The molecule has 0 N–H and O–H groups in total. The molecule has 0 aliphatic heterocycles. The molecule has 0 saturated heterocycles. The summed E-state index contributed by atoms with van der Waals surface area (Å²) in [4.78, 5) is 16.1. The highest BCUT2D eigenvalue weighted by molar-refractivity contribution is 14.1. The molecule has 5 heteroatoms. The molecule has 0 aliphatic rings. The van der Waals surface area contributed by atoms with Gasteiger partial charge in [0.05, 0.1) is 15.6 Å². The molecule has 0 bridgehead atoms. The van der Waals surface area contributed by atoms with Crippen LogP contribution in [0.3, 0.4) is 0 Å². The first-order valence-corrected chi connectivity index (χ1v) is 7.09. The SMILES string of the molecule is Cc1ncn(CCC(C)CCS)c(=O)c1I. The van der Waals surface area contributed by atoms with Crippen LogP contribution < -0.4 is 5.56 Å². The van der Waals surface area contributed by atoms with Crippen molar-refractivity contribution in [1.82, 2.24) is 9.55 Å². The van der Waals surface area contributed by atoms with Crippen molar-refractivity contribution in [2.45, 2.75) is 33.2 Å². The van der Waals surface area contributed by atoms with Crippen molar-refractivity contribution in [1.29, 1.82) is 0 Å². The van der Waals surface area contributed by atoms with E-state index in [2.05, 4.69) is 47.1 Å². The number of hydrogen-bond acceptors (Lipinski definition) is 3. The second kappa shape index (κ2) is 6.64. The fraction of sp³-hybridized carbons (Fsp3) is 0.636. The van der Waals surface area contributed by atoms with E-state index in [0.29, 0.717) is 5.92 Å². The van der Waals surface area contributed by atoms with E-state index < -0.39 is 0 Å². The van der Waals surface area contributed by atoms with Gasteiger partial charge in [-0.3, -0.25) is 9.36 Å². The first-order chi connectivity index (χ1) is 7.56. The minimum absolute atomic E-state index is 0.0752. The van der Waals surface area contributed by atoms with Crippen molar-refractivity contribution in [2.75, 3.05) is 5.75 Å². The summed E-state index contributed by atoms with van der Waals surface area (Å²) >= 11 is 6.27. The Hall–Kier alpha value is -0.0400. The maximum Gasteiger partial charge on any atom is 0.266 e. The van der Waals surface area contributed by atoms with Crippen LogP contribution in [0.2, 0.25) is 0 Å². The zero-order valence-electron chi connectivity index (χ0n) is 9.61. The van der Waals surface area contributed by atoms with Crippen LogP contribution in [-0.2, 0) is 6.54 Å². The molecule has 3 nitrogen and oxygen atoms in total. The number of nitrogens with zero attached hydrogens (tertiary/aromatic N) is 2. The minimum Gasteiger partial charge on any atom is -0.298 e. The van der Waals surface area contributed by atoms with E-state index in [1.165, 1.54) is 0 Å². The van der Waals surface area contributed by atoms with Gasteiger partial charge in [0.25, 0.3) is 5.56 Å². The Labute approximate surface area is 115 Å². The van der Waals surface area contributed by atoms with Crippen molar-refractivity contribution >= 4 is 35.2 Å². The van der Waals surface area contributed by atoms with Gasteiger partial charge in [-0.1, -0.05) is 6.92 Å². The van der Waals surface area contributed by atoms with Gasteiger partial charge in [-0.15, -0.1) is 0 Å². The molecule has 1 heterocycles. The first kappa shape index (κ1) is 14.0. The molecule has 0 saturated carbocycles. The third-order valence-corrected chi connectivity index (χ3v) is 4.14. The molecule has 0 amide bonds. The largest absolute Gasteiger partial charge is 0.298 e. The summed E-state index contributed by atoms with van der Waals surface area (Å²) in [6.45, 7) is 4.79. The predicted octanol–water partition coefficient (Wildman–Crippen LogP) is 2.50. The highest BCUT2D eigenvalue weighted by atomic mass is 127. The lowest BCUT2D eigenvalue weighted by atomic mass is 10.1. The van der Waals surface area contributed by atoms with E-state index in [9.17, 15) is 4.79 Å². The van der Waals surface area contributed by atoms with Gasteiger partial charge in [0.15, 0.2) is 0 Å². The topological polar surface area (TPSA) is 34.9 Å². The van der Waals surface area contributed by atoms with E-state index in [0.717, 1.165) is 34.4 Å². The number of halogens is 1. The highest BCUT2D eigenvalue weighted by Gasteiger charge is 2.06. The van der Waals surface area contributed by atoms with Gasteiger partial charge < -0.3 is 0 Å². The monoisotopic (exact) mass is 352 g/mol. The highest BCUT2D eigenvalue weighted by Crippen LogP contribution is 2.09. The molecule has 16 heavy (non-hydrogen) atoms. The lowest BCUT2D eigenvalue weighted by molar-refractivity contribution is 0.462. The molecule has 1 atom stereocenters. The van der Waals surface area contributed by atoms with Crippen molar-refractivity contribution in [3.63, 3.8) is 0 Å². The summed E-state index contributed by atoms with van der Waals surface area (Å²) in [5.41, 5.74) is 0.886. The lowest BCUT2D eigenvalue weighted by Gasteiger charge is -2.11. The normalized spacial score (nSPS) is 12.8. The van der Waals surface area contributed by atoms with E-state index in [4.69, 9.17) is 0 Å². The molecular formula is C11H17IN2OS. The number of hydrogen-bond donors (Lipinski definition) is 1. The Morgan fingerprint density at radius 2 is 2.25 bits per heavy atom. The van der Waals surface area contributed by atoms with Crippen LogP contribution >= 0.6 is 35.2 Å². The van der Waals surface area contributed by atoms with Crippen LogP contribution in [0.4, 0.5) is 0 Å². The van der Waals surface area contributed by atoms with Crippen molar-refractivity contribution < 1.29 is 0 Å². The van der Waals surface area contributed by atoms with Crippen molar-refractivity contribution in [2.24, 2.45) is 5.92 Å². The summed E-state index contributed by atoms with van der Waals surface area (Å²) in [7, 11) is 0. The number of rotatable bonds is 5. The maximum atomic E-state index is 11.9. The summed E-state index contributed by atoms with van der Waals surface area (Å²) in [6.07, 6.45) is 3.74. The molecule has 0 radical (unpaired) electrons. The predicted molar refractivity (Wildman–Crippen MR) is 78.2 cm³/mol. The van der Waals surface area contributed by atoms with Crippen molar-refractivity contribution in [3.8, 4) is 0 Å². The van der Waals surface area contributed by atoms with Gasteiger partial charge in [-0.05, 0) is 54.0 Å². The van der Waals surface area contributed by atoms with Crippen LogP contribution in [0.5, 0.6) is 0 Å². The summed E-state index contributed by atoms with van der Waals surface area (Å²) < 4.78 is 2.42. The molecule has 1 aromatic rings. The molecule has 1 unspecified atom stereocenters. The third kappa shape index (κ3) is 3.76. The molecule has 90 valence electrons. The maximum absolute atomic E-state index is 11.9. The second-order valence-corrected chi connectivity index (χ2v) is 5.57. The van der Waals surface area contributed by atoms with Gasteiger partial charge >= 0.3 is 0 Å². The summed E-state index contributed by atoms with van der Waals surface area (Å²) in [5.74, 6) is 1.50. The minimum atomic E-state index is 0.0752. The van der Waals surface area contributed by atoms with Gasteiger partial charge in [0.1, 0.15) is 0 Å². The van der Waals surface area contributed by atoms with Crippen LogP contribution in [0, 0.1) is 16.4 Å². The standard InChI is InChI=1S/C11H17IN2OS/c1-8(4-6-16)3-5-14-7-13-9(2)10(12)11(14)15/h7-8,16H,3-6H2,1-2H3. The van der Waals surface area contributed by atoms with E-state index >= 15 is 0 Å². The molecule has 0 aliphatic carbocycles. The zero-order valence-corrected chi connectivity index (χ0v) is 12.7. The van der Waals surface area contributed by atoms with Crippen molar-refractivity contribution in [3.05, 3.63) is 25.9 Å². The van der Waals surface area contributed by atoms with Gasteiger partial charge in [0.2, 0.25) is 0 Å². The van der Waals surface area contributed by atoms with Gasteiger partial charge in [0, 0.05) is 6.54 Å². The second-order valence-electron chi connectivity index (χ2n) is 4.05. The zero-order chi connectivity index (χ0) is 12.1. The molecule has 0 fully saturated rings. The van der Waals surface area contributed by atoms with Crippen LogP contribution in [0.1, 0.15) is 25.5 Å². The lowest BCUT2D eigenvalue weighted by Crippen LogP contribution is -2.24. The molecule has 0 aromatic carbocycles. The molecular weight excluding hydrogens is 335 g/mol. The summed E-state index contributed by atoms with van der Waals surface area (Å²) in [5, 5.41) is 0. The third-order valence-electron chi connectivity index (χ3n) is 2.64. The fourth-order valence-electron chi connectivity index (χ4n) is 1.43. The Morgan fingerprint density at radius 3 is 2.88 bits per heavy atom. The first-order valence-electron chi connectivity index (χ1n) is 5.38. The summed E-state index contributed by atoms with van der Waals surface area (Å²) in [6, 6.07) is 0. The molecule has 0 spiro atoms. The van der Waals surface area contributed by atoms with Crippen LogP contribution in [0.15, 0.2) is 11.1 Å². The Balaban J connectivity index is 2.68. The van der Waals surface area contributed by atoms with Crippen LogP contribution in [0.25, 0.3) is 0 Å². The molecule has 1 aromatic heterocycles. The Morgan fingerprint density at radius 1 is 1.56 bits per heavy atom. The number of thiol groups is 1. The smallest absolute Gasteiger partial charge is 0.266 e. The van der Waals surface area contributed by atoms with E-state index in [1.54, 1.807) is 10.9 Å². The average molecular weight is 352 g/mol. The number of aromatic nitrogens is 2. The molecule has 1 rings (SSSR count). The van der Waals surface area contributed by atoms with E-state index in [-0.39, 0.29) is 5.56 Å². The quantitative estimate of drug-likeness (QED) is 0.653. The van der Waals surface area contributed by atoms with Crippen LogP contribution in [-0.4, -0.2) is 15.3 Å². The Bertz CT molecular complexity index is 405.